The van der Waals surface area contributed by atoms with Gasteiger partial charge in [-0.1, -0.05) is 54.9 Å². The Balaban J connectivity index is 2.04. The van der Waals surface area contributed by atoms with Crippen molar-refractivity contribution in [3.05, 3.63) is 59.1 Å². The van der Waals surface area contributed by atoms with Gasteiger partial charge in [-0.2, -0.15) is 0 Å². The predicted molar refractivity (Wildman–Crippen MR) is 98.8 cm³/mol. The molecule has 0 aliphatic heterocycles. The summed E-state index contributed by atoms with van der Waals surface area (Å²) in [5.74, 6) is 0. The standard InChI is InChI=1S/C20H26ClNO/c1-4-15(2)22-14-13-20(3,23)18-9-5-16(6-10-18)17-7-11-19(21)12-8-17/h5-12,15,22-23H,4,13-14H2,1-3H3. The van der Waals surface area contributed by atoms with Crippen molar-refractivity contribution in [3.63, 3.8) is 0 Å². The Labute approximate surface area is 144 Å². The SMILES string of the molecule is CCC(C)NCCC(C)(O)c1ccc(-c2ccc(Cl)cc2)cc1. The number of hydrogen-bond acceptors (Lipinski definition) is 2. The topological polar surface area (TPSA) is 32.3 Å². The predicted octanol–water partition coefficient (Wildman–Crippen LogP) is 4.99. The zero-order valence-corrected chi connectivity index (χ0v) is 14.9. The molecule has 2 aromatic carbocycles. The van der Waals surface area contributed by atoms with Gasteiger partial charge in [-0.3, -0.25) is 0 Å². The van der Waals surface area contributed by atoms with Gasteiger partial charge in [0.2, 0.25) is 0 Å². The van der Waals surface area contributed by atoms with E-state index < -0.39 is 5.60 Å². The van der Waals surface area contributed by atoms with Crippen LogP contribution in [0, 0.1) is 0 Å². The second kappa shape index (κ2) is 7.96. The summed E-state index contributed by atoms with van der Waals surface area (Å²) in [5, 5.41) is 14.9. The third-order valence-corrected chi connectivity index (χ3v) is 4.65. The molecule has 2 aromatic rings. The minimum Gasteiger partial charge on any atom is -0.385 e. The fraction of sp³-hybridized carbons (Fsp3) is 0.400. The lowest BCUT2D eigenvalue weighted by Crippen LogP contribution is -2.32. The van der Waals surface area contributed by atoms with Gasteiger partial charge in [0.05, 0.1) is 5.60 Å². The summed E-state index contributed by atoms with van der Waals surface area (Å²) in [6.45, 7) is 7.00. The molecule has 0 aromatic heterocycles. The Morgan fingerprint density at radius 3 is 2.09 bits per heavy atom. The van der Waals surface area contributed by atoms with Crippen molar-refractivity contribution in [2.24, 2.45) is 0 Å². The number of aliphatic hydroxyl groups is 1. The maximum Gasteiger partial charge on any atom is 0.0880 e. The molecule has 0 bridgehead atoms. The van der Waals surface area contributed by atoms with E-state index in [0.29, 0.717) is 12.5 Å². The van der Waals surface area contributed by atoms with Gasteiger partial charge >= 0.3 is 0 Å². The number of hydrogen-bond donors (Lipinski definition) is 2. The minimum absolute atomic E-state index is 0.484. The minimum atomic E-state index is -0.820. The molecule has 124 valence electrons. The molecule has 0 saturated carbocycles. The lowest BCUT2D eigenvalue weighted by molar-refractivity contribution is 0.0474. The summed E-state index contributed by atoms with van der Waals surface area (Å²) in [7, 11) is 0. The smallest absolute Gasteiger partial charge is 0.0880 e. The lowest BCUT2D eigenvalue weighted by atomic mass is 9.91. The molecule has 0 spiro atoms. The number of nitrogens with one attached hydrogen (secondary N) is 1. The first kappa shape index (κ1) is 18.0. The molecule has 2 N–H and O–H groups in total. The van der Waals surface area contributed by atoms with Crippen LogP contribution in [0.4, 0.5) is 0 Å². The summed E-state index contributed by atoms with van der Waals surface area (Å²) in [6, 6.07) is 16.4. The molecular weight excluding hydrogens is 306 g/mol. The largest absolute Gasteiger partial charge is 0.385 e. The molecule has 0 radical (unpaired) electrons. The molecular formula is C20H26ClNO. The van der Waals surface area contributed by atoms with E-state index in [1.54, 1.807) is 0 Å². The van der Waals surface area contributed by atoms with Gasteiger partial charge in [0.25, 0.3) is 0 Å². The van der Waals surface area contributed by atoms with Gasteiger partial charge < -0.3 is 10.4 Å². The number of halogens is 1. The van der Waals surface area contributed by atoms with Crippen LogP contribution in [-0.2, 0) is 5.60 Å². The van der Waals surface area contributed by atoms with Crippen molar-refractivity contribution < 1.29 is 5.11 Å². The normalized spacial score (nSPS) is 15.2. The Hall–Kier alpha value is -1.35. The first-order valence-electron chi connectivity index (χ1n) is 8.24. The summed E-state index contributed by atoms with van der Waals surface area (Å²) in [6.07, 6.45) is 1.79. The number of rotatable bonds is 7. The van der Waals surface area contributed by atoms with Crippen LogP contribution in [0.2, 0.25) is 5.02 Å². The summed E-state index contributed by atoms with van der Waals surface area (Å²) < 4.78 is 0. The maximum absolute atomic E-state index is 10.7. The highest BCUT2D eigenvalue weighted by molar-refractivity contribution is 6.30. The van der Waals surface area contributed by atoms with E-state index in [2.05, 4.69) is 31.3 Å². The van der Waals surface area contributed by atoms with E-state index in [4.69, 9.17) is 11.6 Å². The highest BCUT2D eigenvalue weighted by Crippen LogP contribution is 2.28. The Morgan fingerprint density at radius 1 is 1.04 bits per heavy atom. The highest BCUT2D eigenvalue weighted by Gasteiger charge is 2.22. The van der Waals surface area contributed by atoms with Gasteiger partial charge in [-0.05, 0) is 62.1 Å². The van der Waals surface area contributed by atoms with Crippen molar-refractivity contribution in [1.82, 2.24) is 5.32 Å². The van der Waals surface area contributed by atoms with Crippen molar-refractivity contribution in [3.8, 4) is 11.1 Å². The van der Waals surface area contributed by atoms with Gasteiger partial charge in [0.1, 0.15) is 0 Å². The summed E-state index contributed by atoms with van der Waals surface area (Å²) >= 11 is 5.93. The van der Waals surface area contributed by atoms with E-state index in [0.717, 1.165) is 34.7 Å². The first-order valence-corrected chi connectivity index (χ1v) is 8.62. The van der Waals surface area contributed by atoms with Crippen molar-refractivity contribution in [2.45, 2.75) is 45.3 Å². The molecule has 2 atom stereocenters. The van der Waals surface area contributed by atoms with Gasteiger partial charge in [0, 0.05) is 11.1 Å². The van der Waals surface area contributed by atoms with E-state index >= 15 is 0 Å². The molecule has 3 heteroatoms. The molecule has 0 aliphatic rings. The van der Waals surface area contributed by atoms with Crippen LogP contribution in [0.1, 0.15) is 39.2 Å². The van der Waals surface area contributed by atoms with Crippen LogP contribution in [0.15, 0.2) is 48.5 Å². The van der Waals surface area contributed by atoms with Gasteiger partial charge in [-0.25, -0.2) is 0 Å². The van der Waals surface area contributed by atoms with Crippen molar-refractivity contribution in [2.75, 3.05) is 6.54 Å². The van der Waals surface area contributed by atoms with Crippen molar-refractivity contribution >= 4 is 11.6 Å². The van der Waals surface area contributed by atoms with Crippen LogP contribution in [0.3, 0.4) is 0 Å². The second-order valence-corrected chi connectivity index (χ2v) is 6.81. The summed E-state index contributed by atoms with van der Waals surface area (Å²) in [4.78, 5) is 0. The van der Waals surface area contributed by atoms with Crippen LogP contribution < -0.4 is 5.32 Å². The molecule has 2 nitrogen and oxygen atoms in total. The van der Waals surface area contributed by atoms with E-state index in [9.17, 15) is 5.11 Å². The average Bonchev–Trinajstić information content (AvgIpc) is 2.55. The zero-order valence-electron chi connectivity index (χ0n) is 14.1. The molecule has 0 amide bonds. The molecule has 0 heterocycles. The maximum atomic E-state index is 10.7. The third kappa shape index (κ3) is 5.07. The average molecular weight is 332 g/mol. The van der Waals surface area contributed by atoms with E-state index in [-0.39, 0.29) is 0 Å². The van der Waals surface area contributed by atoms with Crippen LogP contribution in [0.25, 0.3) is 11.1 Å². The van der Waals surface area contributed by atoms with Crippen LogP contribution >= 0.6 is 11.6 Å². The van der Waals surface area contributed by atoms with Crippen LogP contribution in [-0.4, -0.2) is 17.7 Å². The fourth-order valence-corrected chi connectivity index (χ4v) is 2.64. The zero-order chi connectivity index (χ0) is 16.9. The monoisotopic (exact) mass is 331 g/mol. The molecule has 0 fully saturated rings. The molecule has 0 aliphatic carbocycles. The van der Waals surface area contributed by atoms with Gasteiger partial charge in [0.15, 0.2) is 0 Å². The second-order valence-electron chi connectivity index (χ2n) is 6.37. The quantitative estimate of drug-likeness (QED) is 0.749. The number of benzene rings is 2. The molecule has 23 heavy (non-hydrogen) atoms. The summed E-state index contributed by atoms with van der Waals surface area (Å²) in [5.41, 5.74) is 2.37. The lowest BCUT2D eigenvalue weighted by Gasteiger charge is -2.25. The first-order chi connectivity index (χ1) is 10.9. The Bertz CT molecular complexity index is 605. The molecule has 0 saturated heterocycles. The Kier molecular flexibility index (Phi) is 6.23. The van der Waals surface area contributed by atoms with E-state index in [1.807, 2.05) is 43.3 Å². The van der Waals surface area contributed by atoms with E-state index in [1.165, 1.54) is 0 Å². The Morgan fingerprint density at radius 2 is 1.57 bits per heavy atom. The van der Waals surface area contributed by atoms with Crippen LogP contribution in [0.5, 0.6) is 0 Å². The van der Waals surface area contributed by atoms with Crippen molar-refractivity contribution in [1.29, 1.82) is 0 Å². The molecule has 2 unspecified atom stereocenters. The highest BCUT2D eigenvalue weighted by atomic mass is 35.5. The fourth-order valence-electron chi connectivity index (χ4n) is 2.51. The van der Waals surface area contributed by atoms with Gasteiger partial charge in [-0.15, -0.1) is 0 Å². The third-order valence-electron chi connectivity index (χ3n) is 4.40. The molecule has 2 rings (SSSR count).